The Labute approximate surface area is 141 Å². The van der Waals surface area contributed by atoms with E-state index in [4.69, 9.17) is 11.6 Å². The van der Waals surface area contributed by atoms with E-state index in [1.807, 2.05) is 0 Å². The molecule has 3 aromatic rings. The average Bonchev–Trinajstić information content (AvgIpc) is 2.82. The molecule has 3 rings (SSSR count). The van der Waals surface area contributed by atoms with E-state index in [0.29, 0.717) is 21.4 Å². The summed E-state index contributed by atoms with van der Waals surface area (Å²) in [7, 11) is -4.06. The standard InChI is InChI=1S/C14H12ClN3O3S2/c1-8-7-22-14-16-9(2)12(13(19)18(8)14)23(20,21)17-11-5-3-10(15)4-6-11/h3-7,17H,1-2H3. The Balaban J connectivity index is 2.16. The number of hydrogen-bond acceptors (Lipinski definition) is 5. The molecule has 6 nitrogen and oxygen atoms in total. The summed E-state index contributed by atoms with van der Waals surface area (Å²) in [6.45, 7) is 3.23. The number of rotatable bonds is 3. The Morgan fingerprint density at radius 3 is 2.52 bits per heavy atom. The number of nitrogens with zero attached hydrogens (tertiary/aromatic N) is 2. The van der Waals surface area contributed by atoms with E-state index < -0.39 is 15.6 Å². The van der Waals surface area contributed by atoms with Crippen molar-refractivity contribution in [1.29, 1.82) is 0 Å². The summed E-state index contributed by atoms with van der Waals surface area (Å²) >= 11 is 7.07. The summed E-state index contributed by atoms with van der Waals surface area (Å²) < 4.78 is 28.9. The van der Waals surface area contributed by atoms with Gasteiger partial charge in [-0.15, -0.1) is 11.3 Å². The molecule has 0 saturated heterocycles. The molecular formula is C14H12ClN3O3S2. The van der Waals surface area contributed by atoms with Gasteiger partial charge < -0.3 is 0 Å². The van der Waals surface area contributed by atoms with Gasteiger partial charge in [0.25, 0.3) is 15.6 Å². The highest BCUT2D eigenvalue weighted by Crippen LogP contribution is 2.20. The number of thiazole rings is 1. The Morgan fingerprint density at radius 1 is 1.22 bits per heavy atom. The molecule has 0 saturated carbocycles. The van der Waals surface area contributed by atoms with Gasteiger partial charge in [0.2, 0.25) is 0 Å². The third kappa shape index (κ3) is 2.85. The van der Waals surface area contributed by atoms with Gasteiger partial charge in [0.15, 0.2) is 9.86 Å². The largest absolute Gasteiger partial charge is 0.279 e. The predicted molar refractivity (Wildman–Crippen MR) is 91.1 cm³/mol. The number of aromatic nitrogens is 2. The van der Waals surface area contributed by atoms with E-state index in [-0.39, 0.29) is 10.6 Å². The smallest absolute Gasteiger partial charge is 0.279 e. The van der Waals surface area contributed by atoms with Crippen molar-refractivity contribution < 1.29 is 8.42 Å². The summed E-state index contributed by atoms with van der Waals surface area (Å²) in [5.41, 5.74) is 0.525. The molecule has 0 unspecified atom stereocenters. The van der Waals surface area contributed by atoms with Gasteiger partial charge in [0.1, 0.15) is 0 Å². The highest BCUT2D eigenvalue weighted by atomic mass is 35.5. The number of fused-ring (bicyclic) bond motifs is 1. The highest BCUT2D eigenvalue weighted by Gasteiger charge is 2.25. The number of halogens is 1. The van der Waals surface area contributed by atoms with Crippen molar-refractivity contribution in [3.63, 3.8) is 0 Å². The van der Waals surface area contributed by atoms with E-state index in [1.54, 1.807) is 24.4 Å². The van der Waals surface area contributed by atoms with Gasteiger partial charge >= 0.3 is 0 Å². The second-order valence-corrected chi connectivity index (χ2v) is 7.83. The van der Waals surface area contributed by atoms with Crippen molar-refractivity contribution in [2.75, 3.05) is 4.72 Å². The number of benzene rings is 1. The number of hydrogen-bond donors (Lipinski definition) is 1. The fraction of sp³-hybridized carbons (Fsp3) is 0.143. The zero-order chi connectivity index (χ0) is 16.8. The molecule has 1 N–H and O–H groups in total. The summed E-state index contributed by atoms with van der Waals surface area (Å²) in [5, 5.41) is 2.24. The summed E-state index contributed by atoms with van der Waals surface area (Å²) in [4.78, 5) is 16.9. The molecule has 9 heteroatoms. The Bertz CT molecular complexity index is 1050. The van der Waals surface area contributed by atoms with Crippen LogP contribution >= 0.6 is 22.9 Å². The summed E-state index contributed by atoms with van der Waals surface area (Å²) in [6.07, 6.45) is 0. The Kier molecular flexibility index (Phi) is 3.91. The zero-order valence-electron chi connectivity index (χ0n) is 12.2. The molecule has 0 aliphatic rings. The van der Waals surface area contributed by atoms with Gasteiger partial charge in [-0.1, -0.05) is 11.6 Å². The van der Waals surface area contributed by atoms with Crippen LogP contribution in [0.1, 0.15) is 11.4 Å². The third-order valence-corrected chi connectivity index (χ3v) is 5.94. The first-order chi connectivity index (χ1) is 10.8. The molecule has 2 heterocycles. The normalized spacial score (nSPS) is 11.8. The van der Waals surface area contributed by atoms with Crippen LogP contribution in [-0.4, -0.2) is 17.8 Å². The van der Waals surface area contributed by atoms with Crippen molar-refractivity contribution in [2.24, 2.45) is 0 Å². The maximum absolute atomic E-state index is 12.6. The van der Waals surface area contributed by atoms with Crippen LogP contribution < -0.4 is 10.3 Å². The first-order valence-electron chi connectivity index (χ1n) is 6.55. The maximum atomic E-state index is 12.6. The second-order valence-electron chi connectivity index (χ2n) is 4.94. The molecule has 120 valence electrons. The first-order valence-corrected chi connectivity index (χ1v) is 9.29. The van der Waals surface area contributed by atoms with Gasteiger partial charge in [0, 0.05) is 21.8 Å². The molecule has 0 amide bonds. The van der Waals surface area contributed by atoms with Gasteiger partial charge in [0.05, 0.1) is 5.69 Å². The molecule has 0 aliphatic carbocycles. The van der Waals surface area contributed by atoms with Crippen LogP contribution in [0.25, 0.3) is 4.96 Å². The van der Waals surface area contributed by atoms with Crippen LogP contribution in [-0.2, 0) is 10.0 Å². The lowest BCUT2D eigenvalue weighted by Crippen LogP contribution is -2.28. The molecule has 0 bridgehead atoms. The second kappa shape index (κ2) is 5.63. The molecule has 0 atom stereocenters. The van der Waals surface area contributed by atoms with Crippen LogP contribution in [0.5, 0.6) is 0 Å². The maximum Gasteiger partial charge on any atom is 0.279 e. The van der Waals surface area contributed by atoms with Crippen LogP contribution in [0.3, 0.4) is 0 Å². The molecule has 0 aliphatic heterocycles. The topological polar surface area (TPSA) is 80.5 Å². The average molecular weight is 370 g/mol. The monoisotopic (exact) mass is 369 g/mol. The van der Waals surface area contributed by atoms with Crippen LogP contribution in [0, 0.1) is 13.8 Å². The lowest BCUT2D eigenvalue weighted by Gasteiger charge is -2.10. The van der Waals surface area contributed by atoms with E-state index >= 15 is 0 Å². The van der Waals surface area contributed by atoms with Crippen molar-refractivity contribution in [1.82, 2.24) is 9.38 Å². The minimum atomic E-state index is -4.06. The first kappa shape index (κ1) is 16.0. The third-order valence-electron chi connectivity index (χ3n) is 3.23. The molecule has 0 fully saturated rings. The Morgan fingerprint density at radius 2 is 1.87 bits per heavy atom. The van der Waals surface area contributed by atoms with E-state index in [0.717, 1.165) is 0 Å². The van der Waals surface area contributed by atoms with Gasteiger partial charge in [-0.3, -0.25) is 13.9 Å². The van der Waals surface area contributed by atoms with E-state index in [9.17, 15) is 13.2 Å². The van der Waals surface area contributed by atoms with Gasteiger partial charge in [-0.2, -0.15) is 0 Å². The van der Waals surface area contributed by atoms with Crippen molar-refractivity contribution in [3.05, 3.63) is 56.4 Å². The van der Waals surface area contributed by atoms with Gasteiger partial charge in [-0.05, 0) is 38.1 Å². The lowest BCUT2D eigenvalue weighted by atomic mass is 10.3. The number of sulfonamides is 1. The zero-order valence-corrected chi connectivity index (χ0v) is 14.6. The number of anilines is 1. The van der Waals surface area contributed by atoms with Crippen molar-refractivity contribution >= 4 is 43.6 Å². The molecule has 23 heavy (non-hydrogen) atoms. The fourth-order valence-electron chi connectivity index (χ4n) is 2.20. The Hall–Kier alpha value is -1.90. The minimum Gasteiger partial charge on any atom is -0.279 e. The van der Waals surface area contributed by atoms with Gasteiger partial charge in [-0.25, -0.2) is 13.4 Å². The summed E-state index contributed by atoms with van der Waals surface area (Å²) in [6, 6.07) is 6.16. The molecule has 0 spiro atoms. The fourth-order valence-corrected chi connectivity index (χ4v) is 4.54. The van der Waals surface area contributed by atoms with Crippen LogP contribution in [0.2, 0.25) is 5.02 Å². The molecular weight excluding hydrogens is 358 g/mol. The SMILES string of the molecule is Cc1nc2scc(C)n2c(=O)c1S(=O)(=O)Nc1ccc(Cl)cc1. The molecule has 1 aromatic carbocycles. The van der Waals surface area contributed by atoms with Crippen LogP contribution in [0.4, 0.5) is 5.69 Å². The molecule has 2 aromatic heterocycles. The lowest BCUT2D eigenvalue weighted by molar-refractivity contribution is 0.598. The molecule has 0 radical (unpaired) electrons. The van der Waals surface area contributed by atoms with Crippen molar-refractivity contribution in [2.45, 2.75) is 18.7 Å². The van der Waals surface area contributed by atoms with Crippen LogP contribution in [0.15, 0.2) is 39.3 Å². The van der Waals surface area contributed by atoms with E-state index in [2.05, 4.69) is 9.71 Å². The number of aryl methyl sites for hydroxylation is 2. The predicted octanol–water partition coefficient (Wildman–Crippen LogP) is 2.83. The summed E-state index contributed by atoms with van der Waals surface area (Å²) in [5.74, 6) is 0. The quantitative estimate of drug-likeness (QED) is 0.769. The minimum absolute atomic E-state index is 0.165. The highest BCUT2D eigenvalue weighted by molar-refractivity contribution is 7.92. The number of nitrogens with one attached hydrogen (secondary N) is 1. The van der Waals surface area contributed by atoms with Crippen molar-refractivity contribution in [3.8, 4) is 0 Å². The van der Waals surface area contributed by atoms with E-state index in [1.165, 1.54) is 34.8 Å².